The van der Waals surface area contributed by atoms with Crippen LogP contribution in [0.5, 0.6) is 5.75 Å². The number of benzene rings is 1. The summed E-state index contributed by atoms with van der Waals surface area (Å²) in [6, 6.07) is 5.09. The van der Waals surface area contributed by atoms with Gasteiger partial charge in [0.1, 0.15) is 5.75 Å². The predicted molar refractivity (Wildman–Crippen MR) is 77.5 cm³/mol. The number of aryl methyl sites for hydroxylation is 1. The number of amides is 1. The fraction of sp³-hybridized carbons (Fsp3) is 0.533. The van der Waals surface area contributed by atoms with E-state index in [-0.39, 0.29) is 11.7 Å². The molecule has 0 aliphatic carbocycles. The summed E-state index contributed by atoms with van der Waals surface area (Å²) in [7, 11) is 4.03. The molecule has 0 unspecified atom stereocenters. The van der Waals surface area contributed by atoms with E-state index in [0.717, 1.165) is 5.56 Å². The SMILES string of the molecule is Cc1cc(O)ccc1C(=O)NC[C@@H](C(C)C)N(C)C. The lowest BCUT2D eigenvalue weighted by Crippen LogP contribution is -2.43. The highest BCUT2D eigenvalue weighted by Crippen LogP contribution is 2.15. The molecule has 1 aromatic carbocycles. The van der Waals surface area contributed by atoms with Gasteiger partial charge >= 0.3 is 0 Å². The van der Waals surface area contributed by atoms with Crippen LogP contribution in [0, 0.1) is 12.8 Å². The van der Waals surface area contributed by atoms with Crippen molar-refractivity contribution >= 4 is 5.91 Å². The quantitative estimate of drug-likeness (QED) is 0.855. The van der Waals surface area contributed by atoms with Crippen molar-refractivity contribution in [2.24, 2.45) is 5.92 Å². The highest BCUT2D eigenvalue weighted by molar-refractivity contribution is 5.95. The summed E-state index contributed by atoms with van der Waals surface area (Å²) in [6.07, 6.45) is 0. The van der Waals surface area contributed by atoms with Crippen LogP contribution >= 0.6 is 0 Å². The van der Waals surface area contributed by atoms with Gasteiger partial charge in [-0.05, 0) is 50.7 Å². The largest absolute Gasteiger partial charge is 0.508 e. The minimum absolute atomic E-state index is 0.0926. The number of aromatic hydroxyl groups is 1. The van der Waals surface area contributed by atoms with Crippen molar-refractivity contribution in [1.82, 2.24) is 10.2 Å². The van der Waals surface area contributed by atoms with Gasteiger partial charge in [0.2, 0.25) is 0 Å². The molecule has 106 valence electrons. The number of rotatable bonds is 5. The molecule has 4 nitrogen and oxygen atoms in total. The van der Waals surface area contributed by atoms with Gasteiger partial charge in [-0.2, -0.15) is 0 Å². The third kappa shape index (κ3) is 4.24. The number of likely N-dealkylation sites (N-methyl/N-ethyl adjacent to an activating group) is 1. The summed E-state index contributed by atoms with van der Waals surface area (Å²) in [5.74, 6) is 0.559. The summed E-state index contributed by atoms with van der Waals surface area (Å²) in [5, 5.41) is 12.3. The van der Waals surface area contributed by atoms with Gasteiger partial charge in [0, 0.05) is 18.2 Å². The van der Waals surface area contributed by atoms with Crippen LogP contribution in [-0.4, -0.2) is 42.6 Å². The van der Waals surface area contributed by atoms with E-state index in [1.54, 1.807) is 12.1 Å². The van der Waals surface area contributed by atoms with Crippen LogP contribution < -0.4 is 5.32 Å². The minimum atomic E-state index is -0.0926. The molecule has 0 saturated heterocycles. The molecule has 19 heavy (non-hydrogen) atoms. The molecule has 0 heterocycles. The Morgan fingerprint density at radius 2 is 2.00 bits per heavy atom. The Bertz CT molecular complexity index is 434. The van der Waals surface area contributed by atoms with Crippen LogP contribution in [-0.2, 0) is 0 Å². The predicted octanol–water partition coefficient (Wildman–Crippen LogP) is 2.02. The van der Waals surface area contributed by atoms with Crippen molar-refractivity contribution in [3.63, 3.8) is 0 Å². The Kier molecular flexibility index (Phi) is 5.36. The van der Waals surface area contributed by atoms with Crippen molar-refractivity contribution in [2.45, 2.75) is 26.8 Å². The van der Waals surface area contributed by atoms with E-state index in [2.05, 4.69) is 24.1 Å². The molecule has 1 aromatic rings. The van der Waals surface area contributed by atoms with E-state index in [0.29, 0.717) is 24.1 Å². The average molecular weight is 264 g/mol. The maximum absolute atomic E-state index is 12.1. The number of phenolic OH excluding ortho intramolecular Hbond substituents is 1. The van der Waals surface area contributed by atoms with E-state index in [1.165, 1.54) is 6.07 Å². The molecule has 0 aliphatic heterocycles. The summed E-state index contributed by atoms with van der Waals surface area (Å²) in [4.78, 5) is 14.2. The lowest BCUT2D eigenvalue weighted by atomic mass is 10.0. The van der Waals surface area contributed by atoms with Gasteiger partial charge in [-0.25, -0.2) is 0 Å². The van der Waals surface area contributed by atoms with Gasteiger partial charge in [0.15, 0.2) is 0 Å². The normalized spacial score (nSPS) is 12.8. The fourth-order valence-electron chi connectivity index (χ4n) is 2.21. The van der Waals surface area contributed by atoms with Crippen LogP contribution in [0.3, 0.4) is 0 Å². The van der Waals surface area contributed by atoms with Crippen LogP contribution in [0.4, 0.5) is 0 Å². The van der Waals surface area contributed by atoms with E-state index in [1.807, 2.05) is 21.0 Å². The number of carbonyl (C=O) groups is 1. The zero-order valence-electron chi connectivity index (χ0n) is 12.4. The van der Waals surface area contributed by atoms with Gasteiger partial charge in [0.25, 0.3) is 5.91 Å². The number of phenols is 1. The third-order valence-corrected chi connectivity index (χ3v) is 3.36. The van der Waals surface area contributed by atoms with Crippen molar-refractivity contribution in [1.29, 1.82) is 0 Å². The Morgan fingerprint density at radius 1 is 1.37 bits per heavy atom. The van der Waals surface area contributed by atoms with Crippen LogP contribution in [0.25, 0.3) is 0 Å². The van der Waals surface area contributed by atoms with Crippen molar-refractivity contribution in [3.8, 4) is 5.75 Å². The summed E-state index contributed by atoms with van der Waals surface area (Å²) in [6.45, 7) is 6.72. The minimum Gasteiger partial charge on any atom is -0.508 e. The van der Waals surface area contributed by atoms with Crippen LogP contribution in [0.2, 0.25) is 0 Å². The Balaban J connectivity index is 2.69. The molecule has 2 N–H and O–H groups in total. The van der Waals surface area contributed by atoms with Crippen molar-refractivity contribution in [3.05, 3.63) is 29.3 Å². The number of carbonyl (C=O) groups excluding carboxylic acids is 1. The Labute approximate surface area is 115 Å². The fourth-order valence-corrected chi connectivity index (χ4v) is 2.21. The molecule has 0 radical (unpaired) electrons. The third-order valence-electron chi connectivity index (χ3n) is 3.36. The molecule has 0 bridgehead atoms. The smallest absolute Gasteiger partial charge is 0.251 e. The maximum Gasteiger partial charge on any atom is 0.251 e. The second kappa shape index (κ2) is 6.57. The molecule has 0 spiro atoms. The molecule has 1 atom stereocenters. The molecular formula is C15H24N2O2. The highest BCUT2D eigenvalue weighted by atomic mass is 16.3. The van der Waals surface area contributed by atoms with Crippen molar-refractivity contribution < 1.29 is 9.90 Å². The lowest BCUT2D eigenvalue weighted by molar-refractivity contribution is 0.0934. The van der Waals surface area contributed by atoms with Gasteiger partial charge in [0.05, 0.1) is 0 Å². The van der Waals surface area contributed by atoms with Crippen molar-refractivity contribution in [2.75, 3.05) is 20.6 Å². The van der Waals surface area contributed by atoms with Gasteiger partial charge in [-0.3, -0.25) is 4.79 Å². The maximum atomic E-state index is 12.1. The highest BCUT2D eigenvalue weighted by Gasteiger charge is 2.17. The Morgan fingerprint density at radius 3 is 2.47 bits per heavy atom. The summed E-state index contributed by atoms with van der Waals surface area (Å²) >= 11 is 0. The molecule has 0 fully saturated rings. The number of hydrogen-bond donors (Lipinski definition) is 2. The second-order valence-electron chi connectivity index (χ2n) is 5.48. The number of hydrogen-bond acceptors (Lipinski definition) is 3. The first-order chi connectivity index (χ1) is 8.82. The Hall–Kier alpha value is -1.55. The standard InChI is InChI=1S/C15H24N2O2/c1-10(2)14(17(4)5)9-16-15(19)13-7-6-12(18)8-11(13)3/h6-8,10,14,18H,9H2,1-5H3,(H,16,19)/t14-/m0/s1. The first-order valence-electron chi connectivity index (χ1n) is 6.57. The summed E-state index contributed by atoms with van der Waals surface area (Å²) in [5.41, 5.74) is 1.39. The van der Waals surface area contributed by atoms with Gasteiger partial charge in [-0.1, -0.05) is 13.8 Å². The molecular weight excluding hydrogens is 240 g/mol. The lowest BCUT2D eigenvalue weighted by Gasteiger charge is -2.28. The van der Waals surface area contributed by atoms with E-state index in [4.69, 9.17) is 0 Å². The number of nitrogens with zero attached hydrogens (tertiary/aromatic N) is 1. The van der Waals surface area contributed by atoms with Gasteiger partial charge in [-0.15, -0.1) is 0 Å². The molecule has 0 aliphatic rings. The zero-order chi connectivity index (χ0) is 14.6. The van der Waals surface area contributed by atoms with E-state index in [9.17, 15) is 9.90 Å². The average Bonchev–Trinajstić information content (AvgIpc) is 2.27. The summed E-state index contributed by atoms with van der Waals surface area (Å²) < 4.78 is 0. The number of nitrogens with one attached hydrogen (secondary N) is 1. The molecule has 0 aromatic heterocycles. The van der Waals surface area contributed by atoms with Gasteiger partial charge < -0.3 is 15.3 Å². The zero-order valence-corrected chi connectivity index (χ0v) is 12.4. The first-order valence-corrected chi connectivity index (χ1v) is 6.57. The monoisotopic (exact) mass is 264 g/mol. The second-order valence-corrected chi connectivity index (χ2v) is 5.48. The molecule has 1 rings (SSSR count). The van der Waals surface area contributed by atoms with E-state index >= 15 is 0 Å². The van der Waals surface area contributed by atoms with Crippen LogP contribution in [0.1, 0.15) is 29.8 Å². The molecule has 4 heteroatoms. The van der Waals surface area contributed by atoms with Crippen LogP contribution in [0.15, 0.2) is 18.2 Å². The topological polar surface area (TPSA) is 52.6 Å². The molecule has 1 amide bonds. The van der Waals surface area contributed by atoms with E-state index < -0.39 is 0 Å². The molecule has 0 saturated carbocycles. The first kappa shape index (κ1) is 15.5.